The first kappa shape index (κ1) is 27.8. The molecule has 37 heavy (non-hydrogen) atoms. The van der Waals surface area contributed by atoms with Gasteiger partial charge in [0.25, 0.3) is 0 Å². The molecule has 0 spiro atoms. The van der Waals surface area contributed by atoms with E-state index in [1.807, 2.05) is 59.5 Å². The molecule has 4 rings (SSSR count). The van der Waals surface area contributed by atoms with Gasteiger partial charge in [0, 0.05) is 0 Å². The van der Waals surface area contributed by atoms with Gasteiger partial charge in [-0.1, -0.05) is 0 Å². The van der Waals surface area contributed by atoms with Crippen molar-refractivity contribution >= 4 is 45.5 Å². The number of carbonyl (C=O) groups is 1. The zero-order valence-corrected chi connectivity index (χ0v) is 25.4. The molecule has 2 aromatic rings. The number of fused-ring (bicyclic) bond motifs is 2. The number of rotatable bonds is 5. The average molecular weight is 626 g/mol. The Morgan fingerprint density at radius 2 is 1.86 bits per heavy atom. The van der Waals surface area contributed by atoms with Crippen LogP contribution in [0.5, 0.6) is 0 Å². The Kier molecular flexibility index (Phi) is 7.37. The van der Waals surface area contributed by atoms with Crippen LogP contribution < -0.4 is 13.9 Å². The van der Waals surface area contributed by atoms with E-state index in [0.29, 0.717) is 6.54 Å². The number of likely N-dealkylation sites (tertiary alicyclic amines) is 1. The van der Waals surface area contributed by atoms with Crippen molar-refractivity contribution in [1.82, 2.24) is 14.9 Å². The van der Waals surface area contributed by atoms with Crippen LogP contribution in [0.3, 0.4) is 0 Å². The summed E-state index contributed by atoms with van der Waals surface area (Å²) in [5.41, 5.74) is 1.62. The second kappa shape index (κ2) is 9.81. The molecule has 2 saturated heterocycles. The standard InChI is InChI=1S/C23H27F3N5O2.3CH3.Sn/c1-5-14-8-16(6-7-19(14)29-20-27-10-15(11-28-20)23(24,25)26)30-12-18-9-17(30)13-31(18)21(32)33-22(2,3)4;;;;/h6-8,10,17-18H,5,9,12-13H2,1-4H3,(H,27,28,29);3*1H3;/t17-,18?;;;;/m0..../s1. The summed E-state index contributed by atoms with van der Waals surface area (Å²) in [5.74, 6) is 0.185. The Labute approximate surface area is 220 Å². The number of nitrogens with zero attached hydrogens (tertiary/aromatic N) is 4. The van der Waals surface area contributed by atoms with Crippen molar-refractivity contribution in [3.05, 3.63) is 35.5 Å². The fourth-order valence-electron chi connectivity index (χ4n) is 5.04. The number of ether oxygens (including phenoxy) is 1. The van der Waals surface area contributed by atoms with E-state index in [9.17, 15) is 18.0 Å². The van der Waals surface area contributed by atoms with Crippen LogP contribution in [-0.2, 0) is 17.3 Å². The molecule has 7 nitrogen and oxygen atoms in total. The van der Waals surface area contributed by atoms with E-state index in [0.717, 1.165) is 42.5 Å². The summed E-state index contributed by atoms with van der Waals surface area (Å²) < 4.78 is 46.4. The Morgan fingerprint density at radius 1 is 1.16 bits per heavy atom. The van der Waals surface area contributed by atoms with Crippen molar-refractivity contribution < 1.29 is 22.7 Å². The molecule has 2 aliphatic rings. The van der Waals surface area contributed by atoms with Gasteiger partial charge in [0.15, 0.2) is 0 Å². The number of amides is 1. The van der Waals surface area contributed by atoms with Gasteiger partial charge in [-0.2, -0.15) is 0 Å². The van der Waals surface area contributed by atoms with Crippen LogP contribution in [-0.4, -0.2) is 70.1 Å². The summed E-state index contributed by atoms with van der Waals surface area (Å²) in [6.45, 7) is 9.02. The summed E-state index contributed by atoms with van der Waals surface area (Å²) in [6, 6.07) is 6.39. The number of nitrogens with one attached hydrogen (secondary N) is 1. The molecule has 2 bridgehead atoms. The molecule has 2 aliphatic heterocycles. The van der Waals surface area contributed by atoms with Gasteiger partial charge >= 0.3 is 185 Å². The molecule has 2 atom stereocenters. The van der Waals surface area contributed by atoms with E-state index in [1.165, 1.54) is 0 Å². The van der Waals surface area contributed by atoms with Gasteiger partial charge in [0.05, 0.1) is 0 Å². The van der Waals surface area contributed by atoms with E-state index < -0.39 is 35.7 Å². The van der Waals surface area contributed by atoms with E-state index in [2.05, 4.69) is 26.3 Å². The summed E-state index contributed by atoms with van der Waals surface area (Å²) in [4.78, 5) is 30.8. The maximum atomic E-state index is 13.6. The predicted molar refractivity (Wildman–Crippen MR) is 142 cm³/mol. The number of hydrogen-bond donors (Lipinski definition) is 1. The van der Waals surface area contributed by atoms with Crippen molar-refractivity contribution in [2.45, 2.75) is 79.2 Å². The van der Waals surface area contributed by atoms with E-state index >= 15 is 0 Å². The van der Waals surface area contributed by atoms with Gasteiger partial charge in [-0.15, -0.1) is 0 Å². The SMILES string of the molecule is CCc1cc(N2CC3C[C@H]2CN3C(=O)OC(C)(C)C)ccc1Nc1ncc(C(F)(F)F)[c]([Sn]([CH3])([CH3])[CH3])n1. The first-order valence-corrected chi connectivity index (χ1v) is 22.7. The summed E-state index contributed by atoms with van der Waals surface area (Å²) in [5, 5.41) is 3.17. The third-order valence-corrected chi connectivity index (χ3v) is 11.9. The van der Waals surface area contributed by atoms with Gasteiger partial charge in [0.2, 0.25) is 0 Å². The van der Waals surface area contributed by atoms with Crippen molar-refractivity contribution in [2.24, 2.45) is 0 Å². The monoisotopic (exact) mass is 627 g/mol. The zero-order chi connectivity index (χ0) is 27.3. The van der Waals surface area contributed by atoms with Crippen molar-refractivity contribution in [3.63, 3.8) is 0 Å². The number of halogens is 3. The second-order valence-electron chi connectivity index (χ2n) is 11.9. The molecular formula is C26H36F3N5O2Sn. The van der Waals surface area contributed by atoms with Crippen LogP contribution in [0.15, 0.2) is 24.4 Å². The number of carbonyl (C=O) groups excluding carboxylic acids is 1. The third kappa shape index (κ3) is 6.09. The summed E-state index contributed by atoms with van der Waals surface area (Å²) in [6.07, 6.45) is -2.19. The number of piperazine rings is 1. The van der Waals surface area contributed by atoms with Gasteiger partial charge in [-0.3, -0.25) is 0 Å². The minimum atomic E-state index is -4.47. The molecule has 0 aliphatic carbocycles. The van der Waals surface area contributed by atoms with Crippen molar-refractivity contribution in [3.8, 4) is 0 Å². The molecule has 1 amide bonds. The van der Waals surface area contributed by atoms with Crippen molar-refractivity contribution in [1.29, 1.82) is 0 Å². The third-order valence-electron chi connectivity index (χ3n) is 6.72. The average Bonchev–Trinajstić information content (AvgIpc) is 3.38. The first-order chi connectivity index (χ1) is 17.1. The zero-order valence-electron chi connectivity index (χ0n) is 22.5. The molecule has 1 unspecified atom stereocenters. The molecule has 1 N–H and O–H groups in total. The van der Waals surface area contributed by atoms with Gasteiger partial charge < -0.3 is 4.74 Å². The fourth-order valence-corrected chi connectivity index (χ4v) is 9.20. The van der Waals surface area contributed by atoms with Crippen molar-refractivity contribution in [2.75, 3.05) is 23.3 Å². The predicted octanol–water partition coefficient (Wildman–Crippen LogP) is 5.54. The Hall–Kier alpha value is -2.24. The summed E-state index contributed by atoms with van der Waals surface area (Å²) in [7, 11) is 0. The first-order valence-electron chi connectivity index (χ1n) is 12.7. The maximum absolute atomic E-state index is 13.6. The van der Waals surface area contributed by atoms with E-state index in [-0.39, 0.29) is 27.8 Å². The van der Waals surface area contributed by atoms with Gasteiger partial charge in [-0.25, -0.2) is 4.79 Å². The molecule has 0 radical (unpaired) electrons. The molecule has 202 valence electrons. The number of hydrogen-bond acceptors (Lipinski definition) is 6. The number of benzene rings is 1. The van der Waals surface area contributed by atoms with Crippen LogP contribution >= 0.6 is 0 Å². The molecule has 11 heteroatoms. The molecule has 0 saturated carbocycles. The number of aryl methyl sites for hydroxylation is 1. The van der Waals surface area contributed by atoms with Crippen LogP contribution in [0.25, 0.3) is 0 Å². The Morgan fingerprint density at radius 3 is 2.41 bits per heavy atom. The molecule has 1 aromatic carbocycles. The number of alkyl halides is 3. The number of anilines is 3. The number of aromatic nitrogens is 2. The Bertz CT molecular complexity index is 1180. The van der Waals surface area contributed by atoms with Crippen LogP contribution in [0.4, 0.5) is 35.3 Å². The van der Waals surface area contributed by atoms with E-state index in [4.69, 9.17) is 4.74 Å². The quantitative estimate of drug-likeness (QED) is 0.440. The molecule has 2 fully saturated rings. The Balaban J connectivity index is 1.52. The normalized spacial score (nSPS) is 19.9. The molecule has 1 aromatic heterocycles. The van der Waals surface area contributed by atoms with Crippen LogP contribution in [0, 0.1) is 0 Å². The minimum absolute atomic E-state index is 0.116. The van der Waals surface area contributed by atoms with Gasteiger partial charge in [0.1, 0.15) is 5.60 Å². The van der Waals surface area contributed by atoms with Gasteiger partial charge in [-0.05, 0) is 20.8 Å². The molecular weight excluding hydrogens is 590 g/mol. The molecule has 3 heterocycles. The topological polar surface area (TPSA) is 70.6 Å². The summed E-state index contributed by atoms with van der Waals surface area (Å²) >= 11 is -3.18. The van der Waals surface area contributed by atoms with E-state index in [1.54, 1.807) is 0 Å². The fraction of sp³-hybridized carbons (Fsp3) is 0.577. The van der Waals surface area contributed by atoms with Crippen LogP contribution in [0.1, 0.15) is 45.2 Å². The van der Waals surface area contributed by atoms with Crippen LogP contribution in [0.2, 0.25) is 14.8 Å². The second-order valence-corrected chi connectivity index (χ2v) is 26.0.